The van der Waals surface area contributed by atoms with E-state index in [9.17, 15) is 23.9 Å². The fourth-order valence-electron chi connectivity index (χ4n) is 3.22. The first kappa shape index (κ1) is 21.6. The van der Waals surface area contributed by atoms with Crippen molar-refractivity contribution in [2.75, 3.05) is 5.32 Å². The van der Waals surface area contributed by atoms with Crippen LogP contribution < -0.4 is 16.1 Å². The van der Waals surface area contributed by atoms with Gasteiger partial charge in [0, 0.05) is 4.47 Å². The molecule has 0 aliphatic carbocycles. The van der Waals surface area contributed by atoms with E-state index in [4.69, 9.17) is 0 Å². The molecular weight excluding hydrogens is 459 g/mol. The highest BCUT2D eigenvalue weighted by atomic mass is 79.9. The van der Waals surface area contributed by atoms with Crippen molar-refractivity contribution in [1.82, 2.24) is 15.8 Å². The van der Waals surface area contributed by atoms with E-state index in [0.717, 1.165) is 5.56 Å². The number of carbonyl (C=O) groups excluding carboxylic acids is 3. The molecule has 1 aliphatic heterocycles. The van der Waals surface area contributed by atoms with Crippen LogP contribution in [0.25, 0.3) is 0 Å². The van der Waals surface area contributed by atoms with E-state index in [-0.39, 0.29) is 17.9 Å². The molecule has 0 radical (unpaired) electrons. The highest BCUT2D eigenvalue weighted by Crippen LogP contribution is 2.27. The average molecular weight is 479 g/mol. The zero-order chi connectivity index (χ0) is 21.9. The van der Waals surface area contributed by atoms with Gasteiger partial charge in [-0.15, -0.1) is 0 Å². The quantitative estimate of drug-likeness (QED) is 0.474. The number of phenolic OH excluding ortho intramolecular Hbond substituents is 1. The van der Waals surface area contributed by atoms with Gasteiger partial charge in [0.2, 0.25) is 0 Å². The van der Waals surface area contributed by atoms with Gasteiger partial charge in [-0.2, -0.15) is 5.01 Å². The summed E-state index contributed by atoms with van der Waals surface area (Å²) in [5, 5.41) is 15.1. The number of hydrogen-bond donors (Lipinski definition) is 4. The Morgan fingerprint density at radius 3 is 2.70 bits per heavy atom. The van der Waals surface area contributed by atoms with Gasteiger partial charge in [0.25, 0.3) is 5.91 Å². The second kappa shape index (κ2) is 8.70. The minimum atomic E-state index is -1.20. The number of aryl methyl sites for hydroxylation is 1. The molecule has 1 heterocycles. The molecule has 1 saturated heterocycles. The van der Waals surface area contributed by atoms with Crippen LogP contribution in [0.2, 0.25) is 0 Å². The molecule has 8 nitrogen and oxygen atoms in total. The van der Waals surface area contributed by atoms with Crippen LogP contribution in [-0.2, 0) is 11.2 Å². The van der Waals surface area contributed by atoms with Crippen molar-refractivity contribution in [3.63, 3.8) is 0 Å². The summed E-state index contributed by atoms with van der Waals surface area (Å²) in [5.74, 6) is -1.17. The Hall–Kier alpha value is -3.14. The summed E-state index contributed by atoms with van der Waals surface area (Å²) in [5.41, 5.74) is 1.67. The van der Waals surface area contributed by atoms with Gasteiger partial charge in [-0.1, -0.05) is 35.0 Å². The van der Waals surface area contributed by atoms with Gasteiger partial charge in [0.05, 0.1) is 5.69 Å². The standard InChI is InChI=1S/C20H20BrFN4O4/c1-2-20(9-8-12-4-3-5-14(27)10-12)17(28)26(19(30)24-20)25-18(29)23-16-7-6-13(21)11-15(16)22/h3-7,10-11,27H,2,8-9H2,1H3,(H,24,30)(H2,23,25,29). The van der Waals surface area contributed by atoms with Crippen LogP contribution in [0.1, 0.15) is 25.3 Å². The van der Waals surface area contributed by atoms with Crippen LogP contribution in [0.15, 0.2) is 46.9 Å². The van der Waals surface area contributed by atoms with Gasteiger partial charge in [0.15, 0.2) is 0 Å². The maximum Gasteiger partial charge on any atom is 0.344 e. The fraction of sp³-hybridized carbons (Fsp3) is 0.250. The number of aromatic hydroxyl groups is 1. The summed E-state index contributed by atoms with van der Waals surface area (Å²) in [6, 6.07) is 8.97. The third kappa shape index (κ3) is 4.54. The number of benzene rings is 2. The second-order valence-electron chi connectivity index (χ2n) is 6.87. The molecule has 1 fully saturated rings. The number of urea groups is 2. The second-order valence-corrected chi connectivity index (χ2v) is 7.78. The first-order valence-corrected chi connectivity index (χ1v) is 10.0. The van der Waals surface area contributed by atoms with Crippen molar-refractivity contribution in [2.24, 2.45) is 0 Å². The Labute approximate surface area is 180 Å². The molecule has 10 heteroatoms. The number of nitrogens with zero attached hydrogens (tertiary/aromatic N) is 1. The van der Waals surface area contributed by atoms with Crippen molar-refractivity contribution in [3.05, 3.63) is 58.3 Å². The predicted octanol–water partition coefficient (Wildman–Crippen LogP) is 3.66. The third-order valence-electron chi connectivity index (χ3n) is 4.91. The number of nitrogens with one attached hydrogen (secondary N) is 3. The molecule has 2 aromatic rings. The van der Waals surface area contributed by atoms with Crippen LogP contribution in [0.4, 0.5) is 19.7 Å². The van der Waals surface area contributed by atoms with Crippen molar-refractivity contribution >= 4 is 39.6 Å². The van der Waals surface area contributed by atoms with Crippen molar-refractivity contribution in [2.45, 2.75) is 31.7 Å². The summed E-state index contributed by atoms with van der Waals surface area (Å²) in [6.45, 7) is 1.75. The molecule has 1 atom stereocenters. The molecule has 1 unspecified atom stereocenters. The number of halogens is 2. The van der Waals surface area contributed by atoms with Crippen molar-refractivity contribution < 1.29 is 23.9 Å². The molecule has 0 saturated carbocycles. The molecular formula is C20H20BrFN4O4. The van der Waals surface area contributed by atoms with Crippen LogP contribution >= 0.6 is 15.9 Å². The summed E-state index contributed by atoms with van der Waals surface area (Å²) in [6.07, 6.45) is 1.01. The van der Waals surface area contributed by atoms with Crippen LogP contribution in [0.5, 0.6) is 5.75 Å². The summed E-state index contributed by atoms with van der Waals surface area (Å²) in [4.78, 5) is 37.5. The number of amides is 5. The van der Waals surface area contributed by atoms with E-state index in [0.29, 0.717) is 22.3 Å². The maximum absolute atomic E-state index is 13.9. The number of imide groups is 1. The molecule has 2 aromatic carbocycles. The smallest absolute Gasteiger partial charge is 0.344 e. The predicted molar refractivity (Wildman–Crippen MR) is 111 cm³/mol. The SMILES string of the molecule is CCC1(CCc2cccc(O)c2)NC(=O)N(NC(=O)Nc2ccc(Br)cc2F)C1=O. The molecule has 0 aromatic heterocycles. The number of rotatable bonds is 6. The van der Waals surface area contributed by atoms with Crippen LogP contribution in [0.3, 0.4) is 0 Å². The van der Waals surface area contributed by atoms with E-state index in [1.807, 2.05) is 0 Å². The minimum absolute atomic E-state index is 0.103. The first-order chi connectivity index (χ1) is 14.2. The lowest BCUT2D eigenvalue weighted by Gasteiger charge is -2.25. The normalized spacial score (nSPS) is 18.3. The van der Waals surface area contributed by atoms with Gasteiger partial charge in [-0.05, 0) is 55.2 Å². The Morgan fingerprint density at radius 2 is 2.03 bits per heavy atom. The van der Waals surface area contributed by atoms with E-state index in [1.165, 1.54) is 18.2 Å². The maximum atomic E-state index is 13.9. The molecule has 5 amide bonds. The summed E-state index contributed by atoms with van der Waals surface area (Å²) in [7, 11) is 0. The van der Waals surface area contributed by atoms with E-state index >= 15 is 0 Å². The van der Waals surface area contributed by atoms with Crippen molar-refractivity contribution in [3.8, 4) is 5.75 Å². The number of anilines is 1. The van der Waals surface area contributed by atoms with Gasteiger partial charge < -0.3 is 15.7 Å². The zero-order valence-corrected chi connectivity index (χ0v) is 17.6. The van der Waals surface area contributed by atoms with Gasteiger partial charge in [-0.25, -0.2) is 19.4 Å². The van der Waals surface area contributed by atoms with Crippen LogP contribution in [-0.4, -0.2) is 33.6 Å². The highest BCUT2D eigenvalue weighted by molar-refractivity contribution is 9.10. The zero-order valence-electron chi connectivity index (χ0n) is 16.0. The largest absolute Gasteiger partial charge is 0.508 e. The molecule has 1 aliphatic rings. The topological polar surface area (TPSA) is 111 Å². The number of hydrazine groups is 1. The summed E-state index contributed by atoms with van der Waals surface area (Å²) >= 11 is 3.12. The van der Waals surface area contributed by atoms with Gasteiger partial charge in [-0.3, -0.25) is 4.79 Å². The highest BCUT2D eigenvalue weighted by Gasteiger charge is 2.50. The lowest BCUT2D eigenvalue weighted by Crippen LogP contribution is -2.51. The Bertz CT molecular complexity index is 1000. The number of hydrogen-bond acceptors (Lipinski definition) is 4. The lowest BCUT2D eigenvalue weighted by molar-refractivity contribution is -0.133. The number of carbonyl (C=O) groups is 3. The van der Waals surface area contributed by atoms with Crippen molar-refractivity contribution in [1.29, 1.82) is 0 Å². The molecule has 0 bridgehead atoms. The lowest BCUT2D eigenvalue weighted by atomic mass is 9.88. The molecule has 158 valence electrons. The van der Waals surface area contributed by atoms with Crippen LogP contribution in [0, 0.1) is 5.82 Å². The Kier molecular flexibility index (Phi) is 6.25. The van der Waals surface area contributed by atoms with Gasteiger partial charge in [0.1, 0.15) is 17.1 Å². The molecule has 4 N–H and O–H groups in total. The Morgan fingerprint density at radius 1 is 1.27 bits per heavy atom. The van der Waals surface area contributed by atoms with Gasteiger partial charge >= 0.3 is 12.1 Å². The molecule has 0 spiro atoms. The fourth-order valence-corrected chi connectivity index (χ4v) is 3.55. The first-order valence-electron chi connectivity index (χ1n) is 9.21. The molecule has 30 heavy (non-hydrogen) atoms. The minimum Gasteiger partial charge on any atom is -0.508 e. The van der Waals surface area contributed by atoms with E-state index in [2.05, 4.69) is 32.0 Å². The number of phenols is 1. The third-order valence-corrected chi connectivity index (χ3v) is 5.40. The van der Waals surface area contributed by atoms with E-state index in [1.54, 1.807) is 31.2 Å². The molecule has 3 rings (SSSR count). The average Bonchev–Trinajstić information content (AvgIpc) is 2.93. The summed E-state index contributed by atoms with van der Waals surface area (Å²) < 4.78 is 14.4. The van der Waals surface area contributed by atoms with E-state index < -0.39 is 29.3 Å². The Balaban J connectivity index is 1.68. The monoisotopic (exact) mass is 478 g/mol.